The number of thioether (sulfide) groups is 1. The summed E-state index contributed by atoms with van der Waals surface area (Å²) in [7, 11) is 0. The second-order valence-electron chi connectivity index (χ2n) is 4.53. The van der Waals surface area contributed by atoms with Crippen LogP contribution >= 0.6 is 11.8 Å². The minimum absolute atomic E-state index is 0.0757. The second kappa shape index (κ2) is 7.96. The van der Waals surface area contributed by atoms with E-state index in [-0.39, 0.29) is 16.0 Å². The van der Waals surface area contributed by atoms with Gasteiger partial charge in [-0.25, -0.2) is 13.6 Å². The molecule has 0 amide bonds. The summed E-state index contributed by atoms with van der Waals surface area (Å²) in [6, 6.07) is 7.80. The van der Waals surface area contributed by atoms with Crippen molar-refractivity contribution in [2.75, 3.05) is 6.61 Å². The molecular weight excluding hydrogens is 348 g/mol. The largest absolute Gasteiger partial charge is 0.454 e. The van der Waals surface area contributed by atoms with E-state index in [1.54, 1.807) is 0 Å². The van der Waals surface area contributed by atoms with Gasteiger partial charge < -0.3 is 4.74 Å². The van der Waals surface area contributed by atoms with Gasteiger partial charge in [0.1, 0.15) is 0 Å². The molecule has 3 nitrogen and oxygen atoms in total. The zero-order valence-corrected chi connectivity index (χ0v) is 12.8. The summed E-state index contributed by atoms with van der Waals surface area (Å²) >= 11 is 0.331. The normalized spacial score (nSPS) is 10.7. The Kier molecular flexibility index (Phi) is 5.97. The van der Waals surface area contributed by atoms with Crippen LogP contribution in [0.4, 0.5) is 17.6 Å². The van der Waals surface area contributed by atoms with Crippen LogP contribution in [0.25, 0.3) is 0 Å². The number of carbonyl (C=O) groups excluding carboxylic acids is 2. The lowest BCUT2D eigenvalue weighted by molar-refractivity contribution is 0.0474. The number of carbonyl (C=O) groups is 2. The van der Waals surface area contributed by atoms with Crippen molar-refractivity contribution in [2.24, 2.45) is 0 Å². The van der Waals surface area contributed by atoms with E-state index in [2.05, 4.69) is 0 Å². The van der Waals surface area contributed by atoms with Gasteiger partial charge >= 0.3 is 5.97 Å². The first-order valence-corrected chi connectivity index (χ1v) is 7.45. The molecule has 0 fully saturated rings. The van der Waals surface area contributed by atoms with Gasteiger partial charge in [0.05, 0.1) is 5.56 Å². The predicted molar refractivity (Wildman–Crippen MR) is 79.3 cm³/mol. The number of rotatable bonds is 6. The van der Waals surface area contributed by atoms with E-state index in [9.17, 15) is 27.2 Å². The highest BCUT2D eigenvalue weighted by atomic mass is 32.2. The molecule has 0 aliphatic rings. The number of hydrogen-bond donors (Lipinski definition) is 0. The molecule has 0 N–H and O–H groups in total. The van der Waals surface area contributed by atoms with Crippen LogP contribution in [0.2, 0.25) is 0 Å². The van der Waals surface area contributed by atoms with Gasteiger partial charge in [0.25, 0.3) is 5.76 Å². The lowest BCUT2D eigenvalue weighted by Gasteiger charge is -2.06. The second-order valence-corrected chi connectivity index (χ2v) is 5.59. The molecule has 0 aliphatic carbocycles. The topological polar surface area (TPSA) is 43.4 Å². The Balaban J connectivity index is 1.94. The van der Waals surface area contributed by atoms with E-state index < -0.39 is 35.8 Å². The number of esters is 1. The Morgan fingerprint density at radius 3 is 2.17 bits per heavy atom. The molecular formula is C16H10F4O3S. The smallest absolute Gasteiger partial charge is 0.338 e. The fraction of sp³-hybridized carbons (Fsp3) is 0.125. The zero-order chi connectivity index (χ0) is 17.7. The number of halogens is 4. The first kappa shape index (κ1) is 18.0. The van der Waals surface area contributed by atoms with Crippen molar-refractivity contribution in [1.29, 1.82) is 0 Å². The molecule has 0 saturated carbocycles. The summed E-state index contributed by atoms with van der Waals surface area (Å²) in [6.45, 7) is -0.655. The molecule has 0 unspecified atom stereocenters. The standard InChI is InChI=1S/C16H10F4O3S/c17-12-6-3-10(7-13(12)18)14(21)8-23-15(22)9-1-4-11(5-2-9)24-16(19)20/h1-7,16H,8H2. The van der Waals surface area contributed by atoms with Crippen molar-refractivity contribution in [3.8, 4) is 0 Å². The summed E-state index contributed by atoms with van der Waals surface area (Å²) < 4.78 is 55.0. The van der Waals surface area contributed by atoms with Gasteiger partial charge in [0.15, 0.2) is 24.0 Å². The van der Waals surface area contributed by atoms with Gasteiger partial charge in [-0.05, 0) is 42.5 Å². The zero-order valence-electron chi connectivity index (χ0n) is 12.0. The number of alkyl halides is 2. The Labute approximate surface area is 138 Å². The molecule has 0 aromatic heterocycles. The molecule has 0 atom stereocenters. The van der Waals surface area contributed by atoms with Crippen molar-refractivity contribution in [3.05, 3.63) is 65.2 Å². The van der Waals surface area contributed by atoms with E-state index in [0.29, 0.717) is 17.8 Å². The Morgan fingerprint density at radius 2 is 1.58 bits per heavy atom. The summed E-state index contributed by atoms with van der Waals surface area (Å²) in [5.74, 6) is -6.38. The number of ketones is 1. The van der Waals surface area contributed by atoms with E-state index in [1.165, 1.54) is 24.3 Å². The maximum absolute atomic E-state index is 13.0. The highest BCUT2D eigenvalue weighted by Crippen LogP contribution is 2.25. The van der Waals surface area contributed by atoms with Crippen LogP contribution in [-0.4, -0.2) is 24.1 Å². The van der Waals surface area contributed by atoms with Crippen molar-refractivity contribution in [1.82, 2.24) is 0 Å². The third kappa shape index (κ3) is 4.82. The third-order valence-electron chi connectivity index (χ3n) is 2.89. The molecule has 24 heavy (non-hydrogen) atoms. The van der Waals surface area contributed by atoms with Crippen molar-refractivity contribution in [3.63, 3.8) is 0 Å². The number of benzene rings is 2. The lowest BCUT2D eigenvalue weighted by atomic mass is 10.1. The molecule has 2 aromatic carbocycles. The molecule has 8 heteroatoms. The van der Waals surface area contributed by atoms with Gasteiger partial charge in [-0.1, -0.05) is 11.8 Å². The van der Waals surface area contributed by atoms with Crippen molar-refractivity contribution < 1.29 is 31.9 Å². The monoisotopic (exact) mass is 358 g/mol. The lowest BCUT2D eigenvalue weighted by Crippen LogP contribution is -2.14. The van der Waals surface area contributed by atoms with Crippen LogP contribution in [0, 0.1) is 11.6 Å². The summed E-state index contributed by atoms with van der Waals surface area (Å²) in [5.41, 5.74) is -0.0583. The maximum atomic E-state index is 13.0. The molecule has 0 bridgehead atoms. The molecule has 0 heterocycles. The highest BCUT2D eigenvalue weighted by molar-refractivity contribution is 7.99. The molecule has 0 spiro atoms. The SMILES string of the molecule is O=C(COC(=O)c1ccc(SC(F)F)cc1)c1ccc(F)c(F)c1. The average molecular weight is 358 g/mol. The fourth-order valence-electron chi connectivity index (χ4n) is 1.74. The molecule has 126 valence electrons. The summed E-state index contributed by atoms with van der Waals surface area (Å²) in [6.07, 6.45) is 0. The highest BCUT2D eigenvalue weighted by Gasteiger charge is 2.14. The van der Waals surface area contributed by atoms with E-state index >= 15 is 0 Å². The minimum Gasteiger partial charge on any atom is -0.454 e. The first-order valence-electron chi connectivity index (χ1n) is 6.57. The average Bonchev–Trinajstić information content (AvgIpc) is 2.55. The van der Waals surface area contributed by atoms with Crippen LogP contribution in [-0.2, 0) is 4.74 Å². The van der Waals surface area contributed by atoms with Crippen LogP contribution in [0.1, 0.15) is 20.7 Å². The quantitative estimate of drug-likeness (QED) is 0.334. The number of ether oxygens (including phenoxy) is 1. The van der Waals surface area contributed by atoms with E-state index in [4.69, 9.17) is 4.74 Å². The van der Waals surface area contributed by atoms with E-state index in [1.807, 2.05) is 0 Å². The predicted octanol–water partition coefficient (Wildman–Crippen LogP) is 4.32. The minimum atomic E-state index is -2.57. The Hall–Kier alpha value is -2.35. The fourth-order valence-corrected chi connectivity index (χ4v) is 2.24. The summed E-state index contributed by atoms with van der Waals surface area (Å²) in [4.78, 5) is 23.8. The van der Waals surface area contributed by atoms with Crippen LogP contribution in [0.15, 0.2) is 47.4 Å². The van der Waals surface area contributed by atoms with Gasteiger partial charge in [0.2, 0.25) is 0 Å². The van der Waals surface area contributed by atoms with E-state index in [0.717, 1.165) is 12.1 Å². The molecule has 2 aromatic rings. The van der Waals surface area contributed by atoms with Crippen molar-refractivity contribution >= 4 is 23.5 Å². The number of hydrogen-bond acceptors (Lipinski definition) is 4. The Morgan fingerprint density at radius 1 is 0.958 bits per heavy atom. The van der Waals surface area contributed by atoms with Gasteiger partial charge in [-0.2, -0.15) is 8.78 Å². The molecule has 0 radical (unpaired) electrons. The maximum Gasteiger partial charge on any atom is 0.338 e. The van der Waals surface area contributed by atoms with Crippen LogP contribution in [0.3, 0.4) is 0 Å². The molecule has 2 rings (SSSR count). The Bertz CT molecular complexity index is 747. The molecule has 0 saturated heterocycles. The first-order chi connectivity index (χ1) is 11.4. The van der Waals surface area contributed by atoms with Crippen LogP contribution in [0.5, 0.6) is 0 Å². The third-order valence-corrected chi connectivity index (χ3v) is 3.61. The van der Waals surface area contributed by atoms with Gasteiger partial charge in [0, 0.05) is 10.5 Å². The van der Waals surface area contributed by atoms with Crippen molar-refractivity contribution in [2.45, 2.75) is 10.7 Å². The van der Waals surface area contributed by atoms with Crippen LogP contribution < -0.4 is 0 Å². The van der Waals surface area contributed by atoms with Gasteiger partial charge in [-0.3, -0.25) is 4.79 Å². The number of Topliss-reactive ketones (excluding diaryl/α,β-unsaturated/α-hetero) is 1. The van der Waals surface area contributed by atoms with Gasteiger partial charge in [-0.15, -0.1) is 0 Å². The molecule has 0 aliphatic heterocycles. The summed E-state index contributed by atoms with van der Waals surface area (Å²) in [5, 5.41) is 0.